The van der Waals surface area contributed by atoms with E-state index in [4.69, 9.17) is 0 Å². The molecule has 0 aliphatic heterocycles. The number of benzene rings is 2. The normalized spacial score (nSPS) is 10.7. The van der Waals surface area contributed by atoms with Gasteiger partial charge in [0.1, 0.15) is 6.20 Å². The number of rotatable bonds is 1. The van der Waals surface area contributed by atoms with E-state index >= 15 is 0 Å². The molecule has 3 aromatic rings. The molecule has 2 aromatic carbocycles. The van der Waals surface area contributed by atoms with E-state index in [0.717, 1.165) is 5.69 Å². The minimum absolute atomic E-state index is 1.09. The summed E-state index contributed by atoms with van der Waals surface area (Å²) < 4.78 is 1.84. The summed E-state index contributed by atoms with van der Waals surface area (Å²) in [6.07, 6.45) is 4.71. The van der Waals surface area contributed by atoms with Gasteiger partial charge in [-0.25, -0.2) is 4.68 Å². The predicted octanol–water partition coefficient (Wildman–Crippen LogP) is 2.83. The summed E-state index contributed by atoms with van der Waals surface area (Å²) >= 11 is 0. The highest BCUT2D eigenvalue weighted by atomic mass is 15.3. The van der Waals surface area contributed by atoms with E-state index in [9.17, 15) is 0 Å². The molecule has 0 amide bonds. The van der Waals surface area contributed by atoms with Crippen molar-refractivity contribution in [2.24, 2.45) is 0 Å². The molecule has 0 N–H and O–H groups in total. The van der Waals surface area contributed by atoms with Gasteiger partial charge in [-0.2, -0.15) is 5.10 Å². The van der Waals surface area contributed by atoms with Crippen molar-refractivity contribution in [3.05, 3.63) is 60.9 Å². The van der Waals surface area contributed by atoms with Crippen LogP contribution in [0, 0.1) is 6.20 Å². The molecule has 1 radical (unpaired) electrons. The smallest absolute Gasteiger partial charge is 0.113 e. The van der Waals surface area contributed by atoms with Crippen LogP contribution in [0.4, 0.5) is 0 Å². The van der Waals surface area contributed by atoms with Crippen LogP contribution in [0.3, 0.4) is 0 Å². The van der Waals surface area contributed by atoms with E-state index in [1.54, 1.807) is 0 Å². The van der Waals surface area contributed by atoms with Gasteiger partial charge in [-0.1, -0.05) is 36.4 Å². The van der Waals surface area contributed by atoms with Gasteiger partial charge in [-0.15, -0.1) is 0 Å². The lowest BCUT2D eigenvalue weighted by atomic mass is 10.1. The summed E-state index contributed by atoms with van der Waals surface area (Å²) in [6, 6.07) is 16.3. The first-order chi connectivity index (χ1) is 7.45. The van der Waals surface area contributed by atoms with E-state index < -0.39 is 0 Å². The molecule has 0 atom stereocenters. The molecule has 0 fully saturated rings. The Hall–Kier alpha value is -2.09. The Bertz CT molecular complexity index is 577. The lowest BCUT2D eigenvalue weighted by Crippen LogP contribution is -1.94. The molecule has 1 heterocycles. The summed E-state index contributed by atoms with van der Waals surface area (Å²) in [4.78, 5) is 0. The highest BCUT2D eigenvalue weighted by molar-refractivity contribution is 5.89. The van der Waals surface area contributed by atoms with E-state index in [1.165, 1.54) is 10.8 Å². The van der Waals surface area contributed by atoms with Crippen LogP contribution >= 0.6 is 0 Å². The van der Waals surface area contributed by atoms with Crippen molar-refractivity contribution in [3.8, 4) is 5.69 Å². The number of nitrogens with zero attached hydrogens (tertiary/aromatic N) is 2. The summed E-state index contributed by atoms with van der Waals surface area (Å²) in [7, 11) is 0. The molecule has 0 aliphatic rings. The van der Waals surface area contributed by atoms with E-state index in [-0.39, 0.29) is 0 Å². The molecule has 1 aromatic heterocycles. The van der Waals surface area contributed by atoms with Gasteiger partial charge in [0.15, 0.2) is 0 Å². The fraction of sp³-hybridized carbons (Fsp3) is 0. The van der Waals surface area contributed by atoms with Crippen molar-refractivity contribution in [3.63, 3.8) is 0 Å². The van der Waals surface area contributed by atoms with E-state index in [1.807, 2.05) is 35.1 Å². The van der Waals surface area contributed by atoms with Crippen molar-refractivity contribution in [1.29, 1.82) is 0 Å². The molecule has 2 heteroatoms. The fourth-order valence-corrected chi connectivity index (χ4v) is 1.78. The zero-order valence-electron chi connectivity index (χ0n) is 8.09. The molecule has 0 bridgehead atoms. The molecule has 0 saturated carbocycles. The molecule has 15 heavy (non-hydrogen) atoms. The monoisotopic (exact) mass is 193 g/mol. The average Bonchev–Trinajstić information content (AvgIpc) is 2.82. The second-order valence-corrected chi connectivity index (χ2v) is 3.39. The van der Waals surface area contributed by atoms with Gasteiger partial charge in [0.05, 0.1) is 5.69 Å². The highest BCUT2D eigenvalue weighted by Gasteiger charge is 2.01. The molecule has 2 nitrogen and oxygen atoms in total. The van der Waals surface area contributed by atoms with Crippen LogP contribution in [-0.4, -0.2) is 9.78 Å². The first-order valence-electron chi connectivity index (χ1n) is 4.85. The average molecular weight is 193 g/mol. The van der Waals surface area contributed by atoms with Crippen molar-refractivity contribution in [2.45, 2.75) is 0 Å². The Morgan fingerprint density at radius 3 is 2.73 bits per heavy atom. The van der Waals surface area contributed by atoms with Crippen LogP contribution in [0.5, 0.6) is 0 Å². The minimum atomic E-state index is 1.09. The molecule has 71 valence electrons. The third-order valence-corrected chi connectivity index (χ3v) is 2.47. The van der Waals surface area contributed by atoms with Gasteiger partial charge in [0, 0.05) is 11.6 Å². The largest absolute Gasteiger partial charge is 0.240 e. The van der Waals surface area contributed by atoms with Gasteiger partial charge in [0.2, 0.25) is 0 Å². The summed E-state index contributed by atoms with van der Waals surface area (Å²) in [6.45, 7) is 0. The zero-order valence-corrected chi connectivity index (χ0v) is 8.09. The van der Waals surface area contributed by atoms with E-state index in [0.29, 0.717) is 0 Å². The molecule has 0 unspecified atom stereocenters. The van der Waals surface area contributed by atoms with Crippen LogP contribution in [0.1, 0.15) is 0 Å². The third-order valence-electron chi connectivity index (χ3n) is 2.47. The van der Waals surface area contributed by atoms with Crippen LogP contribution in [-0.2, 0) is 0 Å². The second-order valence-electron chi connectivity index (χ2n) is 3.39. The minimum Gasteiger partial charge on any atom is -0.240 e. The van der Waals surface area contributed by atoms with Gasteiger partial charge >= 0.3 is 0 Å². The molecule has 0 aliphatic carbocycles. The number of hydrogen-bond acceptors (Lipinski definition) is 1. The van der Waals surface area contributed by atoms with Gasteiger partial charge in [-0.05, 0) is 17.5 Å². The topological polar surface area (TPSA) is 17.8 Å². The molecule has 3 rings (SSSR count). The summed E-state index contributed by atoms with van der Waals surface area (Å²) in [5.41, 5.74) is 1.09. The van der Waals surface area contributed by atoms with Crippen molar-refractivity contribution < 1.29 is 0 Å². The number of fused-ring (bicyclic) bond motifs is 1. The van der Waals surface area contributed by atoms with Crippen molar-refractivity contribution in [2.75, 3.05) is 0 Å². The first kappa shape index (κ1) is 8.24. The number of hydrogen-bond donors (Lipinski definition) is 0. The zero-order chi connectivity index (χ0) is 10.1. The Labute approximate surface area is 87.8 Å². The maximum Gasteiger partial charge on any atom is 0.113 e. The fourth-order valence-electron chi connectivity index (χ4n) is 1.78. The maximum atomic E-state index is 4.13. The summed E-state index contributed by atoms with van der Waals surface area (Å²) in [5.74, 6) is 0. The Morgan fingerprint density at radius 1 is 1.00 bits per heavy atom. The maximum absolute atomic E-state index is 4.13. The SMILES string of the molecule is [c]1ccn(-c2cccc3ccccc23)n1. The molecular formula is C13H9N2. The predicted molar refractivity (Wildman–Crippen MR) is 59.9 cm³/mol. The summed E-state index contributed by atoms with van der Waals surface area (Å²) in [5, 5.41) is 6.56. The van der Waals surface area contributed by atoms with Crippen LogP contribution in [0.25, 0.3) is 16.5 Å². The first-order valence-corrected chi connectivity index (χ1v) is 4.85. The van der Waals surface area contributed by atoms with E-state index in [2.05, 4.69) is 35.6 Å². The van der Waals surface area contributed by atoms with Gasteiger partial charge in [-0.3, -0.25) is 0 Å². The van der Waals surface area contributed by atoms with Crippen LogP contribution < -0.4 is 0 Å². The Balaban J connectivity index is 2.36. The molecule has 0 spiro atoms. The van der Waals surface area contributed by atoms with Crippen molar-refractivity contribution >= 4 is 10.8 Å². The van der Waals surface area contributed by atoms with Gasteiger partial charge in [0.25, 0.3) is 0 Å². The Kier molecular flexibility index (Phi) is 1.78. The lowest BCUT2D eigenvalue weighted by Gasteiger charge is -2.05. The quantitative estimate of drug-likeness (QED) is 0.581. The van der Waals surface area contributed by atoms with Crippen molar-refractivity contribution in [1.82, 2.24) is 9.78 Å². The van der Waals surface area contributed by atoms with Crippen LogP contribution in [0.15, 0.2) is 54.7 Å². The highest BCUT2D eigenvalue weighted by Crippen LogP contribution is 2.20. The second kappa shape index (κ2) is 3.24. The lowest BCUT2D eigenvalue weighted by molar-refractivity contribution is 0.884. The van der Waals surface area contributed by atoms with Gasteiger partial charge < -0.3 is 0 Å². The third kappa shape index (κ3) is 1.31. The van der Waals surface area contributed by atoms with Crippen LogP contribution in [0.2, 0.25) is 0 Å². The standard InChI is InChI=1S/C13H9N2/c1-2-7-12-11(5-1)6-3-8-13(12)15-10-4-9-14-15/h1-8,10H. The molecular weight excluding hydrogens is 184 g/mol. The Morgan fingerprint density at radius 2 is 1.87 bits per heavy atom. The molecule has 0 saturated heterocycles. The number of aromatic nitrogens is 2.